The lowest BCUT2D eigenvalue weighted by Gasteiger charge is -2.15. The van der Waals surface area contributed by atoms with Gasteiger partial charge in [0.05, 0.1) is 13.5 Å². The first kappa shape index (κ1) is 16.9. The van der Waals surface area contributed by atoms with Gasteiger partial charge in [-0.25, -0.2) is 13.8 Å². The van der Waals surface area contributed by atoms with Crippen LogP contribution in [0.5, 0.6) is 5.75 Å². The Morgan fingerprint density at radius 1 is 1.45 bits per heavy atom. The maximum Gasteiger partial charge on any atom is 0.573 e. The van der Waals surface area contributed by atoms with Gasteiger partial charge in [-0.1, -0.05) is 0 Å². The van der Waals surface area contributed by atoms with E-state index in [0.29, 0.717) is 6.07 Å². The Labute approximate surface area is 123 Å². The molecule has 0 bridgehead atoms. The van der Waals surface area contributed by atoms with Crippen molar-refractivity contribution in [2.24, 2.45) is 0 Å². The van der Waals surface area contributed by atoms with E-state index in [-0.39, 0.29) is 5.56 Å². The van der Waals surface area contributed by atoms with E-state index in [2.05, 4.69) is 14.5 Å². The number of methoxy groups -OCH3 is 1. The highest BCUT2D eigenvalue weighted by Crippen LogP contribution is 2.33. The molecule has 4 nitrogen and oxygen atoms in total. The first-order valence-electron chi connectivity index (χ1n) is 4.94. The van der Waals surface area contributed by atoms with E-state index in [1.807, 2.05) is 0 Å². The summed E-state index contributed by atoms with van der Waals surface area (Å²) in [4.78, 5) is 14.4. The Balaban J connectivity index is 3.28. The van der Waals surface area contributed by atoms with E-state index in [1.165, 1.54) is 22.6 Å². The van der Waals surface area contributed by atoms with Crippen LogP contribution >= 0.6 is 22.6 Å². The molecule has 1 aromatic heterocycles. The molecule has 0 amide bonds. The molecule has 0 saturated carbocycles. The fourth-order valence-corrected chi connectivity index (χ4v) is 2.00. The number of aromatic nitrogens is 1. The van der Waals surface area contributed by atoms with Crippen molar-refractivity contribution in [3.8, 4) is 5.75 Å². The summed E-state index contributed by atoms with van der Waals surface area (Å²) in [5.41, 5.74) is -1.12. The molecule has 0 aliphatic heterocycles. The van der Waals surface area contributed by atoms with E-state index in [4.69, 9.17) is 0 Å². The van der Waals surface area contributed by atoms with Gasteiger partial charge < -0.3 is 9.47 Å². The number of ether oxygens (including phenoxy) is 2. The van der Waals surface area contributed by atoms with Gasteiger partial charge in [0.15, 0.2) is 5.75 Å². The highest BCUT2D eigenvalue weighted by atomic mass is 127. The number of carbonyl (C=O) groups excluding carboxylic acids is 1. The Morgan fingerprint density at radius 2 is 2.05 bits per heavy atom. The second kappa shape index (κ2) is 6.50. The molecule has 10 heteroatoms. The van der Waals surface area contributed by atoms with Crippen LogP contribution in [0.15, 0.2) is 6.07 Å². The molecule has 1 aromatic rings. The predicted octanol–water partition coefficient (Wildman–Crippen LogP) is 3.24. The highest BCUT2D eigenvalue weighted by molar-refractivity contribution is 14.1. The minimum Gasteiger partial charge on any atom is -0.469 e. The van der Waals surface area contributed by atoms with Crippen molar-refractivity contribution >= 4 is 28.6 Å². The third-order valence-electron chi connectivity index (χ3n) is 2.03. The van der Waals surface area contributed by atoms with Crippen molar-refractivity contribution < 1.29 is 36.2 Å². The predicted molar refractivity (Wildman–Crippen MR) is 64.3 cm³/mol. The summed E-state index contributed by atoms with van der Waals surface area (Å²) in [5, 5.41) is 0. The van der Waals surface area contributed by atoms with Crippen molar-refractivity contribution in [1.82, 2.24) is 4.98 Å². The number of pyridine rings is 1. The van der Waals surface area contributed by atoms with Gasteiger partial charge in [-0.3, -0.25) is 4.79 Å². The van der Waals surface area contributed by atoms with Crippen LogP contribution in [-0.2, 0) is 16.0 Å². The van der Waals surface area contributed by atoms with Crippen LogP contribution in [0.2, 0.25) is 0 Å². The van der Waals surface area contributed by atoms with Crippen LogP contribution in [0, 0.1) is 3.70 Å². The molecule has 0 unspecified atom stereocenters. The van der Waals surface area contributed by atoms with Crippen LogP contribution in [-0.4, -0.2) is 24.4 Å². The summed E-state index contributed by atoms with van der Waals surface area (Å²) in [6.07, 6.45) is -8.65. The van der Waals surface area contributed by atoms with Crippen molar-refractivity contribution in [3.63, 3.8) is 0 Å². The zero-order chi connectivity index (χ0) is 15.5. The smallest absolute Gasteiger partial charge is 0.469 e. The quantitative estimate of drug-likeness (QED) is 0.331. The maximum absolute atomic E-state index is 12.6. The minimum atomic E-state index is -5.03. The topological polar surface area (TPSA) is 48.4 Å². The van der Waals surface area contributed by atoms with Gasteiger partial charge in [-0.05, 0) is 28.7 Å². The molecule has 0 atom stereocenters. The highest BCUT2D eigenvalue weighted by Gasteiger charge is 2.34. The van der Waals surface area contributed by atoms with Crippen molar-refractivity contribution in [1.29, 1.82) is 0 Å². The van der Waals surface area contributed by atoms with Crippen LogP contribution in [0.4, 0.5) is 22.0 Å². The van der Waals surface area contributed by atoms with Crippen molar-refractivity contribution in [2.75, 3.05) is 7.11 Å². The Bertz CT molecular complexity index is 506. The average Bonchev–Trinajstić information content (AvgIpc) is 2.31. The van der Waals surface area contributed by atoms with E-state index < -0.39 is 40.3 Å². The summed E-state index contributed by atoms with van der Waals surface area (Å²) >= 11 is 1.32. The SMILES string of the molecule is COC(=O)Cc1cc(C(F)F)nc(I)c1OC(F)(F)F. The number of rotatable bonds is 4. The second-order valence-corrected chi connectivity index (χ2v) is 4.45. The lowest BCUT2D eigenvalue weighted by molar-refractivity contribution is -0.275. The molecule has 1 rings (SSSR count). The van der Waals surface area contributed by atoms with Gasteiger partial charge in [-0.15, -0.1) is 13.2 Å². The number of alkyl halides is 5. The molecule has 0 fully saturated rings. The third-order valence-corrected chi connectivity index (χ3v) is 2.76. The van der Waals surface area contributed by atoms with E-state index in [1.54, 1.807) is 0 Å². The van der Waals surface area contributed by atoms with Crippen LogP contribution in [0.25, 0.3) is 0 Å². The fourth-order valence-electron chi connectivity index (χ4n) is 1.27. The van der Waals surface area contributed by atoms with Gasteiger partial charge >= 0.3 is 12.3 Å². The Morgan fingerprint density at radius 3 is 2.50 bits per heavy atom. The van der Waals surface area contributed by atoms with E-state index >= 15 is 0 Å². The molecule has 0 aliphatic rings. The van der Waals surface area contributed by atoms with Gasteiger partial charge in [0, 0.05) is 5.56 Å². The molecule has 20 heavy (non-hydrogen) atoms. The van der Waals surface area contributed by atoms with Crippen molar-refractivity contribution in [3.05, 3.63) is 21.0 Å². The van der Waals surface area contributed by atoms with Crippen LogP contribution < -0.4 is 4.74 Å². The molecular formula is C10H7F5INO3. The normalized spacial score (nSPS) is 11.6. The summed E-state index contributed by atoms with van der Waals surface area (Å²) in [5.74, 6) is -1.67. The number of nitrogens with zero attached hydrogens (tertiary/aromatic N) is 1. The molecule has 0 aromatic carbocycles. The van der Waals surface area contributed by atoms with Gasteiger partial charge in [-0.2, -0.15) is 0 Å². The standard InChI is InChI=1S/C10H7F5INO3/c1-19-6(18)3-4-2-5(8(11)12)17-9(16)7(4)20-10(13,14)15/h2,8H,3H2,1H3. The Kier molecular flexibility index (Phi) is 5.48. The monoisotopic (exact) mass is 411 g/mol. The number of esters is 1. The molecule has 0 aliphatic carbocycles. The fraction of sp³-hybridized carbons (Fsp3) is 0.400. The van der Waals surface area contributed by atoms with Crippen LogP contribution in [0.3, 0.4) is 0 Å². The molecule has 1 heterocycles. The van der Waals surface area contributed by atoms with Gasteiger partial charge in [0.1, 0.15) is 9.39 Å². The van der Waals surface area contributed by atoms with Crippen molar-refractivity contribution in [2.45, 2.75) is 19.2 Å². The van der Waals surface area contributed by atoms with Crippen LogP contribution in [0.1, 0.15) is 17.7 Å². The number of halogens is 6. The molecule has 0 N–H and O–H groups in total. The summed E-state index contributed by atoms with van der Waals surface area (Å²) in [6.45, 7) is 0. The first-order valence-corrected chi connectivity index (χ1v) is 6.02. The largest absolute Gasteiger partial charge is 0.573 e. The second-order valence-electron chi connectivity index (χ2n) is 3.43. The van der Waals surface area contributed by atoms with Gasteiger partial charge in [0.25, 0.3) is 6.43 Å². The van der Waals surface area contributed by atoms with E-state index in [0.717, 1.165) is 7.11 Å². The minimum absolute atomic E-state index is 0.371. The average molecular weight is 411 g/mol. The third kappa shape index (κ3) is 4.72. The Hall–Kier alpha value is -1.20. The summed E-state index contributed by atoms with van der Waals surface area (Å²) in [7, 11) is 1.02. The molecule has 0 radical (unpaired) electrons. The lowest BCUT2D eigenvalue weighted by Crippen LogP contribution is -2.20. The number of hydrogen-bond acceptors (Lipinski definition) is 4. The lowest BCUT2D eigenvalue weighted by atomic mass is 10.1. The maximum atomic E-state index is 12.6. The molecule has 112 valence electrons. The zero-order valence-corrected chi connectivity index (χ0v) is 12.0. The zero-order valence-electron chi connectivity index (χ0n) is 9.80. The summed E-state index contributed by atoms with van der Waals surface area (Å²) in [6, 6.07) is 0.685. The summed E-state index contributed by atoms with van der Waals surface area (Å²) < 4.78 is 69.5. The van der Waals surface area contributed by atoms with E-state index in [9.17, 15) is 26.7 Å². The molecule has 0 spiro atoms. The van der Waals surface area contributed by atoms with Gasteiger partial charge in [0.2, 0.25) is 0 Å². The number of hydrogen-bond donors (Lipinski definition) is 0. The molecular weight excluding hydrogens is 404 g/mol. The molecule has 0 saturated heterocycles. The number of carbonyl (C=O) groups is 1. The first-order chi connectivity index (χ1) is 9.14.